The SMILES string of the molecule is Cc1ccc(N(CCC#N)C(=O)Cn2cnc3ccccc3c2=O)cc1C. The van der Waals surface area contributed by atoms with Gasteiger partial charge >= 0.3 is 0 Å². The average Bonchev–Trinajstić information content (AvgIpc) is 2.67. The molecule has 27 heavy (non-hydrogen) atoms. The summed E-state index contributed by atoms with van der Waals surface area (Å²) >= 11 is 0. The molecule has 2 aromatic carbocycles. The minimum atomic E-state index is -0.257. The van der Waals surface area contributed by atoms with Gasteiger partial charge in [0.15, 0.2) is 0 Å². The van der Waals surface area contributed by atoms with Crippen LogP contribution in [0, 0.1) is 25.2 Å². The summed E-state index contributed by atoms with van der Waals surface area (Å²) in [5.74, 6) is -0.257. The molecule has 0 N–H and O–H groups in total. The number of nitrogens with zero attached hydrogens (tertiary/aromatic N) is 4. The van der Waals surface area contributed by atoms with E-state index in [0.29, 0.717) is 10.9 Å². The van der Waals surface area contributed by atoms with Gasteiger partial charge in [-0.1, -0.05) is 18.2 Å². The third-order valence-corrected chi connectivity index (χ3v) is 4.59. The monoisotopic (exact) mass is 360 g/mol. The second-order valence-corrected chi connectivity index (χ2v) is 6.42. The Kier molecular flexibility index (Phi) is 5.32. The number of aromatic nitrogens is 2. The summed E-state index contributed by atoms with van der Waals surface area (Å²) < 4.78 is 1.31. The summed E-state index contributed by atoms with van der Waals surface area (Å²) in [6, 6.07) is 14.8. The van der Waals surface area contributed by atoms with Crippen molar-refractivity contribution in [3.8, 4) is 6.07 Å². The molecule has 0 fully saturated rings. The number of fused-ring (bicyclic) bond motifs is 1. The van der Waals surface area contributed by atoms with Crippen molar-refractivity contribution in [2.75, 3.05) is 11.4 Å². The molecule has 1 heterocycles. The van der Waals surface area contributed by atoms with Gasteiger partial charge in [0.1, 0.15) is 6.54 Å². The molecule has 0 saturated heterocycles. The predicted molar refractivity (Wildman–Crippen MR) is 105 cm³/mol. The van der Waals surface area contributed by atoms with E-state index in [-0.39, 0.29) is 31.0 Å². The zero-order valence-corrected chi connectivity index (χ0v) is 15.3. The molecule has 3 rings (SSSR count). The van der Waals surface area contributed by atoms with Crippen molar-refractivity contribution < 1.29 is 4.79 Å². The Morgan fingerprint density at radius 1 is 1.19 bits per heavy atom. The molecule has 6 heteroatoms. The zero-order chi connectivity index (χ0) is 19.4. The Morgan fingerprint density at radius 2 is 1.96 bits per heavy atom. The lowest BCUT2D eigenvalue weighted by molar-refractivity contribution is -0.119. The minimum absolute atomic E-state index is 0.130. The summed E-state index contributed by atoms with van der Waals surface area (Å²) in [5, 5.41) is 9.42. The number of carbonyl (C=O) groups excluding carboxylic acids is 1. The fraction of sp³-hybridized carbons (Fsp3) is 0.238. The molecule has 0 atom stereocenters. The highest BCUT2D eigenvalue weighted by Gasteiger charge is 2.18. The number of amides is 1. The molecule has 0 bridgehead atoms. The van der Waals surface area contributed by atoms with Gasteiger partial charge in [-0.15, -0.1) is 0 Å². The molecular formula is C21H20N4O2. The molecule has 3 aromatic rings. The minimum Gasteiger partial charge on any atom is -0.310 e. The molecule has 0 aliphatic carbocycles. The molecule has 0 aliphatic rings. The van der Waals surface area contributed by atoms with E-state index in [1.807, 2.05) is 38.1 Å². The lowest BCUT2D eigenvalue weighted by Gasteiger charge is -2.23. The van der Waals surface area contributed by atoms with Crippen molar-refractivity contribution >= 4 is 22.5 Å². The number of aryl methyl sites for hydroxylation is 2. The molecule has 136 valence electrons. The number of anilines is 1. The summed E-state index contributed by atoms with van der Waals surface area (Å²) in [5.41, 5.74) is 3.25. The first-order chi connectivity index (χ1) is 13.0. The Labute approximate surface area is 157 Å². The number of hydrogen-bond acceptors (Lipinski definition) is 4. The van der Waals surface area contributed by atoms with Gasteiger partial charge in [0.25, 0.3) is 5.56 Å². The average molecular weight is 360 g/mol. The highest BCUT2D eigenvalue weighted by Crippen LogP contribution is 2.19. The number of carbonyl (C=O) groups is 1. The Bertz CT molecular complexity index is 1100. The maximum atomic E-state index is 12.9. The quantitative estimate of drug-likeness (QED) is 0.701. The molecule has 0 saturated carbocycles. The van der Waals surface area contributed by atoms with Gasteiger partial charge < -0.3 is 4.90 Å². The van der Waals surface area contributed by atoms with E-state index in [9.17, 15) is 9.59 Å². The van der Waals surface area contributed by atoms with E-state index in [1.54, 1.807) is 23.1 Å². The molecule has 6 nitrogen and oxygen atoms in total. The van der Waals surface area contributed by atoms with E-state index >= 15 is 0 Å². The van der Waals surface area contributed by atoms with Gasteiger partial charge in [-0.25, -0.2) is 4.98 Å². The van der Waals surface area contributed by atoms with E-state index in [0.717, 1.165) is 16.8 Å². The van der Waals surface area contributed by atoms with Crippen molar-refractivity contribution in [3.63, 3.8) is 0 Å². The number of para-hydroxylation sites is 1. The van der Waals surface area contributed by atoms with Gasteiger partial charge in [0.2, 0.25) is 5.91 Å². The van der Waals surface area contributed by atoms with Crippen LogP contribution < -0.4 is 10.5 Å². The molecular weight excluding hydrogens is 340 g/mol. The van der Waals surface area contributed by atoms with E-state index in [2.05, 4.69) is 11.1 Å². The van der Waals surface area contributed by atoms with Gasteiger partial charge in [-0.05, 0) is 49.2 Å². The van der Waals surface area contributed by atoms with Crippen molar-refractivity contribution in [2.24, 2.45) is 0 Å². The highest BCUT2D eigenvalue weighted by atomic mass is 16.2. The van der Waals surface area contributed by atoms with Crippen LogP contribution in [0.3, 0.4) is 0 Å². The third kappa shape index (κ3) is 3.87. The van der Waals surface area contributed by atoms with Gasteiger partial charge in [0, 0.05) is 12.2 Å². The Morgan fingerprint density at radius 3 is 2.70 bits per heavy atom. The summed E-state index contributed by atoms with van der Waals surface area (Å²) in [4.78, 5) is 31.4. The molecule has 0 aliphatic heterocycles. The third-order valence-electron chi connectivity index (χ3n) is 4.59. The summed E-state index contributed by atoms with van der Waals surface area (Å²) in [6.07, 6.45) is 1.61. The second kappa shape index (κ2) is 7.83. The van der Waals surface area contributed by atoms with Gasteiger partial charge in [0.05, 0.1) is 29.7 Å². The standard InChI is InChI=1S/C21H20N4O2/c1-15-8-9-17(12-16(15)2)25(11-5-10-22)20(26)13-24-14-23-19-7-4-3-6-18(19)21(24)27/h3-4,6-9,12,14H,5,11,13H2,1-2H3. The van der Waals surface area contributed by atoms with Crippen LogP contribution >= 0.6 is 0 Å². The fourth-order valence-corrected chi connectivity index (χ4v) is 2.90. The first-order valence-electron chi connectivity index (χ1n) is 8.70. The van der Waals surface area contributed by atoms with Crippen LogP contribution in [0.4, 0.5) is 5.69 Å². The van der Waals surface area contributed by atoms with Crippen LogP contribution in [0.25, 0.3) is 10.9 Å². The van der Waals surface area contributed by atoms with Crippen molar-refractivity contribution in [1.29, 1.82) is 5.26 Å². The van der Waals surface area contributed by atoms with Crippen LogP contribution in [0.1, 0.15) is 17.5 Å². The molecule has 0 radical (unpaired) electrons. The van der Waals surface area contributed by atoms with Gasteiger partial charge in [-0.3, -0.25) is 14.2 Å². The Balaban J connectivity index is 1.93. The number of benzene rings is 2. The van der Waals surface area contributed by atoms with Crippen molar-refractivity contribution in [3.05, 3.63) is 70.3 Å². The second-order valence-electron chi connectivity index (χ2n) is 6.42. The van der Waals surface area contributed by atoms with E-state index < -0.39 is 0 Å². The largest absolute Gasteiger partial charge is 0.310 e. The smallest absolute Gasteiger partial charge is 0.261 e. The number of hydrogen-bond donors (Lipinski definition) is 0. The van der Waals surface area contributed by atoms with Crippen LogP contribution in [-0.4, -0.2) is 22.0 Å². The number of nitriles is 1. The van der Waals surface area contributed by atoms with E-state index in [1.165, 1.54) is 10.9 Å². The number of rotatable bonds is 5. The van der Waals surface area contributed by atoms with Crippen molar-refractivity contribution in [2.45, 2.75) is 26.8 Å². The normalized spacial score (nSPS) is 10.6. The summed E-state index contributed by atoms with van der Waals surface area (Å²) in [6.45, 7) is 4.12. The van der Waals surface area contributed by atoms with Gasteiger partial charge in [-0.2, -0.15) is 5.26 Å². The molecule has 1 amide bonds. The topological polar surface area (TPSA) is 79.0 Å². The molecule has 0 unspecified atom stereocenters. The van der Waals surface area contributed by atoms with Crippen LogP contribution in [0.2, 0.25) is 0 Å². The molecule has 1 aromatic heterocycles. The van der Waals surface area contributed by atoms with Crippen LogP contribution in [0.5, 0.6) is 0 Å². The van der Waals surface area contributed by atoms with E-state index in [4.69, 9.17) is 5.26 Å². The zero-order valence-electron chi connectivity index (χ0n) is 15.3. The first-order valence-corrected chi connectivity index (χ1v) is 8.70. The van der Waals surface area contributed by atoms with Crippen LogP contribution in [-0.2, 0) is 11.3 Å². The van der Waals surface area contributed by atoms with Crippen molar-refractivity contribution in [1.82, 2.24) is 9.55 Å². The maximum absolute atomic E-state index is 12.9. The predicted octanol–water partition coefficient (Wildman–Crippen LogP) is 2.96. The molecule has 0 spiro atoms. The summed E-state index contributed by atoms with van der Waals surface area (Å²) in [7, 11) is 0. The van der Waals surface area contributed by atoms with Crippen LogP contribution in [0.15, 0.2) is 53.6 Å². The highest BCUT2D eigenvalue weighted by molar-refractivity contribution is 5.93. The Hall–Kier alpha value is -3.46. The maximum Gasteiger partial charge on any atom is 0.261 e. The fourth-order valence-electron chi connectivity index (χ4n) is 2.90. The lowest BCUT2D eigenvalue weighted by atomic mass is 10.1. The lowest BCUT2D eigenvalue weighted by Crippen LogP contribution is -2.37. The first kappa shape index (κ1) is 18.3.